The van der Waals surface area contributed by atoms with Gasteiger partial charge in [0.2, 0.25) is 0 Å². The second-order valence-electron chi connectivity index (χ2n) is 2.11. The van der Waals surface area contributed by atoms with Crippen LogP contribution in [0.5, 0.6) is 0 Å². The lowest BCUT2D eigenvalue weighted by atomic mass is 10.4. The molecule has 11 heavy (non-hydrogen) atoms. The van der Waals surface area contributed by atoms with Gasteiger partial charge in [0.15, 0.2) is 23.8 Å². The molecule has 0 aliphatic carbocycles. The van der Waals surface area contributed by atoms with Crippen LogP contribution in [0.4, 0.5) is 0 Å². The Morgan fingerprint density at radius 3 is 2.73 bits per heavy atom. The summed E-state index contributed by atoms with van der Waals surface area (Å²) in [6.07, 6.45) is 4.54. The molecule has 0 unspecified atom stereocenters. The third-order valence-electron chi connectivity index (χ3n) is 1.30. The van der Waals surface area contributed by atoms with E-state index in [-0.39, 0.29) is 0 Å². The molecular formula is C7H6N2O2. The van der Waals surface area contributed by atoms with Gasteiger partial charge in [-0.3, -0.25) is 0 Å². The number of hydrogen-bond donors (Lipinski definition) is 0. The minimum atomic E-state index is 0.602. The Hall–Kier alpha value is -1.58. The zero-order chi connectivity index (χ0) is 7.68. The van der Waals surface area contributed by atoms with Crippen molar-refractivity contribution in [3.05, 3.63) is 24.7 Å². The highest BCUT2D eigenvalue weighted by molar-refractivity contribution is 5.45. The maximum Gasteiger partial charge on any atom is 0.191 e. The zero-order valence-electron chi connectivity index (χ0n) is 5.94. The molecule has 2 aromatic heterocycles. The van der Waals surface area contributed by atoms with Crippen LogP contribution in [0.3, 0.4) is 0 Å². The van der Waals surface area contributed by atoms with Gasteiger partial charge in [-0.15, -0.1) is 0 Å². The first-order valence-corrected chi connectivity index (χ1v) is 3.17. The average molecular weight is 150 g/mol. The maximum absolute atomic E-state index is 5.18. The molecule has 0 atom stereocenters. The lowest BCUT2D eigenvalue weighted by Crippen LogP contribution is -1.63. The largest absolute Gasteiger partial charge is 0.440 e. The van der Waals surface area contributed by atoms with Crippen LogP contribution in [0.25, 0.3) is 11.5 Å². The Bertz CT molecular complexity index is 337. The summed E-state index contributed by atoms with van der Waals surface area (Å²) in [5, 5.41) is 0. The molecule has 0 spiro atoms. The maximum atomic E-state index is 5.18. The summed E-state index contributed by atoms with van der Waals surface area (Å²) in [6, 6.07) is 0. The van der Waals surface area contributed by atoms with Gasteiger partial charge < -0.3 is 8.83 Å². The molecule has 56 valence electrons. The molecule has 0 aliphatic heterocycles. The zero-order valence-corrected chi connectivity index (χ0v) is 5.94. The molecule has 0 amide bonds. The molecule has 0 aromatic carbocycles. The number of aromatic nitrogens is 2. The van der Waals surface area contributed by atoms with E-state index >= 15 is 0 Å². The van der Waals surface area contributed by atoms with Crippen molar-refractivity contribution in [1.29, 1.82) is 0 Å². The summed E-state index contributed by atoms with van der Waals surface area (Å²) in [6.45, 7) is 1.78. The topological polar surface area (TPSA) is 52.1 Å². The second kappa shape index (κ2) is 2.23. The van der Waals surface area contributed by atoms with Crippen molar-refractivity contribution in [2.24, 2.45) is 0 Å². The van der Waals surface area contributed by atoms with Gasteiger partial charge >= 0.3 is 0 Å². The Labute approximate surface area is 62.9 Å². The summed E-state index contributed by atoms with van der Waals surface area (Å²) in [5.74, 6) is 1.84. The number of rotatable bonds is 1. The Morgan fingerprint density at radius 1 is 1.27 bits per heavy atom. The number of nitrogens with zero attached hydrogens (tertiary/aromatic N) is 2. The monoisotopic (exact) mass is 150 g/mol. The summed E-state index contributed by atoms with van der Waals surface area (Å²) in [4.78, 5) is 7.67. The molecule has 0 fully saturated rings. The first-order valence-electron chi connectivity index (χ1n) is 3.17. The summed E-state index contributed by atoms with van der Waals surface area (Å²) < 4.78 is 10.2. The van der Waals surface area contributed by atoms with Crippen LogP contribution in [0.1, 0.15) is 5.89 Å². The van der Waals surface area contributed by atoms with E-state index in [9.17, 15) is 0 Å². The van der Waals surface area contributed by atoms with Crippen molar-refractivity contribution < 1.29 is 8.83 Å². The van der Waals surface area contributed by atoms with E-state index in [2.05, 4.69) is 9.97 Å². The number of aryl methyl sites for hydroxylation is 1. The van der Waals surface area contributed by atoms with Gasteiger partial charge in [0, 0.05) is 6.92 Å². The molecule has 0 saturated carbocycles. The van der Waals surface area contributed by atoms with Crippen LogP contribution in [-0.2, 0) is 0 Å². The molecule has 0 saturated heterocycles. The van der Waals surface area contributed by atoms with Gasteiger partial charge in [-0.2, -0.15) is 0 Å². The molecular weight excluding hydrogens is 144 g/mol. The van der Waals surface area contributed by atoms with Gasteiger partial charge in [-0.25, -0.2) is 9.97 Å². The highest BCUT2D eigenvalue weighted by Crippen LogP contribution is 2.18. The van der Waals surface area contributed by atoms with Crippen LogP contribution in [0.2, 0.25) is 0 Å². The van der Waals surface area contributed by atoms with E-state index in [0.29, 0.717) is 17.4 Å². The number of oxazole rings is 2. The smallest absolute Gasteiger partial charge is 0.191 e. The fraction of sp³-hybridized carbons (Fsp3) is 0.143. The van der Waals surface area contributed by atoms with E-state index in [1.807, 2.05) is 0 Å². The van der Waals surface area contributed by atoms with Crippen molar-refractivity contribution in [1.82, 2.24) is 9.97 Å². The quantitative estimate of drug-likeness (QED) is 0.620. The van der Waals surface area contributed by atoms with Crippen molar-refractivity contribution in [3.63, 3.8) is 0 Å². The van der Waals surface area contributed by atoms with Crippen LogP contribution >= 0.6 is 0 Å². The van der Waals surface area contributed by atoms with Gasteiger partial charge in [0.1, 0.15) is 0 Å². The van der Waals surface area contributed by atoms with Crippen molar-refractivity contribution in [3.8, 4) is 11.5 Å². The Balaban J connectivity index is 2.45. The molecule has 2 aromatic rings. The van der Waals surface area contributed by atoms with Gasteiger partial charge in [0.05, 0.1) is 12.4 Å². The minimum Gasteiger partial charge on any atom is -0.440 e. The second-order valence-corrected chi connectivity index (χ2v) is 2.11. The highest BCUT2D eigenvalue weighted by Gasteiger charge is 2.05. The average Bonchev–Trinajstić information content (AvgIpc) is 2.55. The van der Waals surface area contributed by atoms with Gasteiger partial charge in [-0.05, 0) is 0 Å². The van der Waals surface area contributed by atoms with Crippen molar-refractivity contribution in [2.45, 2.75) is 6.92 Å². The molecule has 0 bridgehead atoms. The molecule has 0 aliphatic rings. The third kappa shape index (κ3) is 1.02. The third-order valence-corrected chi connectivity index (χ3v) is 1.30. The first-order chi connectivity index (χ1) is 5.36. The van der Waals surface area contributed by atoms with Crippen LogP contribution in [0.15, 0.2) is 27.6 Å². The van der Waals surface area contributed by atoms with Gasteiger partial charge in [-0.1, -0.05) is 0 Å². The predicted molar refractivity (Wildman–Crippen MR) is 36.7 cm³/mol. The van der Waals surface area contributed by atoms with Crippen LogP contribution < -0.4 is 0 Å². The molecule has 2 rings (SSSR count). The molecule has 0 radical (unpaired) electrons. The molecule has 4 nitrogen and oxygen atoms in total. The fourth-order valence-corrected chi connectivity index (χ4v) is 0.813. The summed E-state index contributed by atoms with van der Waals surface area (Å²) in [5.41, 5.74) is 0. The van der Waals surface area contributed by atoms with E-state index in [1.54, 1.807) is 19.3 Å². The fourth-order valence-electron chi connectivity index (χ4n) is 0.813. The van der Waals surface area contributed by atoms with Gasteiger partial charge in [0.25, 0.3) is 0 Å². The lowest BCUT2D eigenvalue weighted by molar-refractivity contribution is 0.498. The number of hydrogen-bond acceptors (Lipinski definition) is 4. The normalized spacial score (nSPS) is 10.3. The van der Waals surface area contributed by atoms with E-state index < -0.39 is 0 Å². The molecule has 4 heteroatoms. The van der Waals surface area contributed by atoms with E-state index in [0.717, 1.165) is 0 Å². The van der Waals surface area contributed by atoms with Crippen molar-refractivity contribution >= 4 is 0 Å². The minimum absolute atomic E-state index is 0.602. The highest BCUT2D eigenvalue weighted by atomic mass is 16.4. The summed E-state index contributed by atoms with van der Waals surface area (Å²) >= 11 is 0. The van der Waals surface area contributed by atoms with E-state index in [1.165, 1.54) is 6.39 Å². The van der Waals surface area contributed by atoms with E-state index in [4.69, 9.17) is 8.83 Å². The molecule has 0 N–H and O–H groups in total. The lowest BCUT2D eigenvalue weighted by Gasteiger charge is -1.83. The Morgan fingerprint density at radius 2 is 2.18 bits per heavy atom. The Kier molecular flexibility index (Phi) is 1.25. The van der Waals surface area contributed by atoms with Crippen molar-refractivity contribution in [2.75, 3.05) is 0 Å². The van der Waals surface area contributed by atoms with Crippen LogP contribution in [-0.4, -0.2) is 9.97 Å². The first kappa shape index (κ1) is 6.15. The SMILES string of the molecule is Cc1ncc(-c2cnco2)o1. The van der Waals surface area contributed by atoms with Crippen LogP contribution in [0, 0.1) is 6.92 Å². The predicted octanol–water partition coefficient (Wildman–Crippen LogP) is 1.64. The standard InChI is InChI=1S/C7H6N2O2/c1-5-9-3-7(11-5)6-2-8-4-10-6/h2-4H,1H3. The summed E-state index contributed by atoms with van der Waals surface area (Å²) in [7, 11) is 0. The molecule has 2 heterocycles.